The Balaban J connectivity index is 1.83. The van der Waals surface area contributed by atoms with Crippen molar-refractivity contribution in [3.63, 3.8) is 0 Å². The number of rotatable bonds is 4. The molecule has 1 aromatic heterocycles. The van der Waals surface area contributed by atoms with Crippen molar-refractivity contribution in [1.82, 2.24) is 14.9 Å². The zero-order chi connectivity index (χ0) is 23.0. The molecule has 0 atom stereocenters. The van der Waals surface area contributed by atoms with Gasteiger partial charge in [0.15, 0.2) is 0 Å². The third kappa shape index (κ3) is 5.11. The normalized spacial score (nSPS) is 21.3. The summed E-state index contributed by atoms with van der Waals surface area (Å²) in [5, 5.41) is 16.8. The summed E-state index contributed by atoms with van der Waals surface area (Å²) >= 11 is -0.484. The van der Waals surface area contributed by atoms with Crippen LogP contribution in [0.15, 0.2) is 27.0 Å². The number of nitrogens with zero attached hydrogens (tertiary/aromatic N) is 3. The average molecular weight is 560 g/mol. The van der Waals surface area contributed by atoms with Crippen molar-refractivity contribution >= 4 is 15.7 Å². The molecule has 2 heterocycles. The first-order chi connectivity index (χ1) is 15.1. The van der Waals surface area contributed by atoms with E-state index in [-0.39, 0.29) is 23.6 Å². The standard InChI is InChI=1S/C22H26F3IN5O/c1-22(2,3)30-18-11-26-10-17-20(28-18)31(13-4-6-14(32)7-5-13)21(27-17)29-19-15(24)8-12(23)9-16(19)25/h8-11,13-14,30,32H,4-7H2,1-3H3,(H,27,29)/q-1. The molecule has 1 fully saturated rings. The van der Waals surface area contributed by atoms with Gasteiger partial charge >= 0.3 is 195 Å². The molecule has 6 nitrogen and oxygen atoms in total. The molecule has 0 spiro atoms. The molecule has 2 aliphatic rings. The first-order valence-corrected chi connectivity index (χ1v) is 13.0. The van der Waals surface area contributed by atoms with Crippen molar-refractivity contribution in [3.8, 4) is 0 Å². The number of imidazole rings is 1. The Hall–Kier alpha value is -2.08. The molecule has 1 aliphatic carbocycles. The minimum absolute atomic E-state index is 0.0481. The van der Waals surface area contributed by atoms with Gasteiger partial charge in [0.25, 0.3) is 0 Å². The number of halogens is 4. The van der Waals surface area contributed by atoms with E-state index in [1.165, 1.54) is 0 Å². The van der Waals surface area contributed by atoms with Crippen LogP contribution < -0.4 is 42.7 Å². The number of hydrogen-bond acceptors (Lipinski definition) is 5. The first-order valence-electron chi connectivity index (χ1n) is 10.5. The Bertz CT molecular complexity index is 1140. The van der Waals surface area contributed by atoms with Crippen LogP contribution in [0.2, 0.25) is 0 Å². The summed E-state index contributed by atoms with van der Waals surface area (Å²) in [5.41, 5.74) is -0.0378. The molecule has 174 valence electrons. The van der Waals surface area contributed by atoms with Crippen molar-refractivity contribution in [2.75, 3.05) is 5.32 Å². The van der Waals surface area contributed by atoms with E-state index in [4.69, 9.17) is 4.99 Å². The predicted molar refractivity (Wildman–Crippen MR) is 112 cm³/mol. The maximum atomic E-state index is 14.4. The van der Waals surface area contributed by atoms with Crippen LogP contribution in [-0.2, 0) is 0 Å². The quantitative estimate of drug-likeness (QED) is 0.467. The van der Waals surface area contributed by atoms with Gasteiger partial charge in [-0.25, -0.2) is 0 Å². The molecule has 32 heavy (non-hydrogen) atoms. The molecular formula is C22H26F3IN5O-. The van der Waals surface area contributed by atoms with Crippen molar-refractivity contribution in [3.05, 3.63) is 50.3 Å². The second-order valence-electron chi connectivity index (χ2n) is 9.06. The van der Waals surface area contributed by atoms with Gasteiger partial charge in [0.05, 0.1) is 0 Å². The van der Waals surface area contributed by atoms with Crippen molar-refractivity contribution in [2.24, 2.45) is 4.99 Å². The molecule has 3 N–H and O–H groups in total. The summed E-state index contributed by atoms with van der Waals surface area (Å²) in [6, 6.07) is 1.22. The fraction of sp³-hybridized carbons (Fsp3) is 0.455. The maximum absolute atomic E-state index is 14.4. The monoisotopic (exact) mass is 560 g/mol. The van der Waals surface area contributed by atoms with E-state index in [1.807, 2.05) is 29.4 Å². The Morgan fingerprint density at radius 3 is 2.34 bits per heavy atom. The van der Waals surface area contributed by atoms with Crippen molar-refractivity contribution in [2.45, 2.75) is 64.1 Å². The number of aliphatic hydroxyl groups is 1. The molecule has 0 unspecified atom stereocenters. The average Bonchev–Trinajstić information content (AvgIpc) is 2.89. The van der Waals surface area contributed by atoms with E-state index in [0.29, 0.717) is 48.7 Å². The van der Waals surface area contributed by atoms with E-state index in [9.17, 15) is 18.3 Å². The van der Waals surface area contributed by atoms with Gasteiger partial charge in [-0.1, -0.05) is 0 Å². The molecule has 0 amide bonds. The van der Waals surface area contributed by atoms with Crippen LogP contribution in [-0.4, -0.2) is 26.3 Å². The van der Waals surface area contributed by atoms with Crippen LogP contribution >= 0.6 is 0 Å². The Kier molecular flexibility index (Phi) is 6.53. The molecule has 1 aliphatic heterocycles. The molecule has 10 heteroatoms. The van der Waals surface area contributed by atoms with Gasteiger partial charge in [0.1, 0.15) is 0 Å². The molecule has 0 saturated heterocycles. The number of benzene rings is 1. The number of aromatic nitrogens is 2. The van der Waals surface area contributed by atoms with E-state index in [0.717, 1.165) is 5.82 Å². The minimum atomic E-state index is -1.03. The van der Waals surface area contributed by atoms with Crippen LogP contribution in [0.25, 0.3) is 4.08 Å². The molecule has 4 rings (SSSR count). The number of anilines is 2. The first kappa shape index (κ1) is 23.1. The number of hydrogen-bond donors (Lipinski definition) is 3. The van der Waals surface area contributed by atoms with Gasteiger partial charge in [0.2, 0.25) is 0 Å². The molecule has 0 bridgehead atoms. The number of nitrogens with one attached hydrogen (secondary N) is 2. The van der Waals surface area contributed by atoms with Gasteiger partial charge in [-0.3, -0.25) is 0 Å². The predicted octanol–water partition coefficient (Wildman–Crippen LogP) is 0.167. The molecular weight excluding hydrogens is 534 g/mol. The van der Waals surface area contributed by atoms with Gasteiger partial charge in [-0.15, -0.1) is 0 Å². The summed E-state index contributed by atoms with van der Waals surface area (Å²) in [6.45, 7) is 6.14. The summed E-state index contributed by atoms with van der Waals surface area (Å²) < 4.78 is 48.1. The van der Waals surface area contributed by atoms with E-state index >= 15 is 0 Å². The van der Waals surface area contributed by atoms with Gasteiger partial charge in [-0.05, 0) is 0 Å². The van der Waals surface area contributed by atoms with Crippen LogP contribution in [0.1, 0.15) is 52.5 Å². The van der Waals surface area contributed by atoms with E-state index in [1.54, 1.807) is 0 Å². The Labute approximate surface area is 194 Å². The second-order valence-corrected chi connectivity index (χ2v) is 11.0. The summed E-state index contributed by atoms with van der Waals surface area (Å²) in [7, 11) is 0. The molecule has 2 aromatic rings. The zero-order valence-electron chi connectivity index (χ0n) is 18.1. The van der Waals surface area contributed by atoms with Crippen LogP contribution in [0.5, 0.6) is 0 Å². The Morgan fingerprint density at radius 2 is 1.72 bits per heavy atom. The van der Waals surface area contributed by atoms with E-state index < -0.39 is 44.3 Å². The van der Waals surface area contributed by atoms with E-state index in [2.05, 4.69) is 19.7 Å². The number of aliphatic hydroxyl groups excluding tert-OH is 1. The zero-order valence-corrected chi connectivity index (χ0v) is 20.3. The third-order valence-electron chi connectivity index (χ3n) is 5.25. The Morgan fingerprint density at radius 1 is 1.06 bits per heavy atom. The van der Waals surface area contributed by atoms with Crippen LogP contribution in [0.4, 0.5) is 24.8 Å². The number of fused-ring (bicyclic) bond motifs is 1. The van der Waals surface area contributed by atoms with Gasteiger partial charge < -0.3 is 0 Å². The second kappa shape index (κ2) is 9.05. The fourth-order valence-electron chi connectivity index (χ4n) is 3.88. The fourth-order valence-corrected chi connectivity index (χ4v) is 5.45. The molecule has 1 saturated carbocycles. The molecule has 1 aromatic carbocycles. The molecule has 0 radical (unpaired) electrons. The SMILES string of the molecule is CC(C)(C)NC1=C[I-]C=c2nc(Nc3c(F)cc(F)cc3F)n(C3CCC(O)CC3)c2=N1. The summed E-state index contributed by atoms with van der Waals surface area (Å²) in [6.07, 6.45) is 2.25. The summed E-state index contributed by atoms with van der Waals surface area (Å²) in [4.78, 5) is 9.45. The summed E-state index contributed by atoms with van der Waals surface area (Å²) in [5.74, 6) is -2.06. The topological polar surface area (TPSA) is 74.5 Å². The van der Waals surface area contributed by atoms with Crippen LogP contribution in [0.3, 0.4) is 0 Å². The van der Waals surface area contributed by atoms with Gasteiger partial charge in [-0.2, -0.15) is 0 Å². The van der Waals surface area contributed by atoms with Crippen LogP contribution in [0, 0.1) is 17.5 Å². The van der Waals surface area contributed by atoms with Crippen molar-refractivity contribution in [1.29, 1.82) is 0 Å². The van der Waals surface area contributed by atoms with Crippen molar-refractivity contribution < 1.29 is 39.5 Å². The third-order valence-corrected chi connectivity index (χ3v) is 7.15. The van der Waals surface area contributed by atoms with Gasteiger partial charge in [0, 0.05) is 0 Å².